The summed E-state index contributed by atoms with van der Waals surface area (Å²) < 4.78 is 0. The summed E-state index contributed by atoms with van der Waals surface area (Å²) in [6.45, 7) is 1.82. The first-order valence-electron chi connectivity index (χ1n) is 2.82. The van der Waals surface area contributed by atoms with Crippen LogP contribution in [0.1, 0.15) is 6.92 Å². The summed E-state index contributed by atoms with van der Waals surface area (Å²) in [7, 11) is 0. The monoisotopic (exact) mass is 132 g/mol. The molecule has 0 aliphatic heterocycles. The van der Waals surface area contributed by atoms with Crippen LogP contribution in [0.25, 0.3) is 0 Å². The second-order valence-corrected chi connectivity index (χ2v) is 1.80. The fourth-order valence-corrected chi connectivity index (χ4v) is 0.340. The van der Waals surface area contributed by atoms with Gasteiger partial charge in [0.05, 0.1) is 12.6 Å². The second-order valence-electron chi connectivity index (χ2n) is 1.80. The highest BCUT2D eigenvalue weighted by Gasteiger charge is 2.03. The molecule has 0 saturated heterocycles. The van der Waals surface area contributed by atoms with Crippen molar-refractivity contribution in [1.82, 2.24) is 5.32 Å². The number of aliphatic hydroxyl groups excluding tert-OH is 1. The zero-order valence-corrected chi connectivity index (χ0v) is 5.42. The Kier molecular flexibility index (Phi) is 4.00. The highest BCUT2D eigenvalue weighted by Crippen LogP contribution is 1.72. The topological polar surface area (TPSA) is 75.4 Å². The average Bonchev–Trinajstić information content (AvgIpc) is 1.82. The Hall–Kier alpha value is -0.610. The number of hydrogen-bond donors (Lipinski definition) is 3. The van der Waals surface area contributed by atoms with Gasteiger partial charge >= 0.3 is 0 Å². The van der Waals surface area contributed by atoms with Crippen molar-refractivity contribution in [3.63, 3.8) is 0 Å². The predicted octanol–water partition coefficient (Wildman–Crippen LogP) is -1.56. The van der Waals surface area contributed by atoms with E-state index >= 15 is 0 Å². The van der Waals surface area contributed by atoms with Gasteiger partial charge in [-0.05, 0) is 6.92 Å². The van der Waals surface area contributed by atoms with E-state index in [0.29, 0.717) is 0 Å². The van der Waals surface area contributed by atoms with Gasteiger partial charge in [0, 0.05) is 6.54 Å². The summed E-state index contributed by atoms with van der Waals surface area (Å²) in [6.07, 6.45) is 0. The first kappa shape index (κ1) is 8.39. The Morgan fingerprint density at radius 3 is 2.78 bits per heavy atom. The summed E-state index contributed by atoms with van der Waals surface area (Å²) in [5.41, 5.74) is 5.18. The van der Waals surface area contributed by atoms with Crippen molar-refractivity contribution in [2.45, 2.75) is 13.0 Å². The zero-order valence-electron chi connectivity index (χ0n) is 5.42. The van der Waals surface area contributed by atoms with E-state index in [0.717, 1.165) is 0 Å². The first-order valence-corrected chi connectivity index (χ1v) is 2.82. The van der Waals surface area contributed by atoms with Crippen molar-refractivity contribution < 1.29 is 9.90 Å². The number of rotatable bonds is 3. The van der Waals surface area contributed by atoms with E-state index in [9.17, 15) is 4.79 Å². The number of carbonyl (C=O) groups excluding carboxylic acids is 1. The van der Waals surface area contributed by atoms with Gasteiger partial charge in [0.25, 0.3) is 0 Å². The summed E-state index contributed by atoms with van der Waals surface area (Å²) in [4.78, 5) is 10.6. The van der Waals surface area contributed by atoms with Crippen LogP contribution in [0, 0.1) is 0 Å². The predicted molar refractivity (Wildman–Crippen MR) is 33.7 cm³/mol. The van der Waals surface area contributed by atoms with Crippen LogP contribution >= 0.6 is 0 Å². The SMILES string of the molecule is C[C@H](N)C(=O)NCCO. The second kappa shape index (κ2) is 4.29. The minimum atomic E-state index is -0.489. The molecule has 0 rings (SSSR count). The number of aliphatic hydroxyl groups is 1. The van der Waals surface area contributed by atoms with Crippen LogP contribution < -0.4 is 11.1 Å². The summed E-state index contributed by atoms with van der Waals surface area (Å²) in [6, 6.07) is -0.489. The number of nitrogens with one attached hydrogen (secondary N) is 1. The van der Waals surface area contributed by atoms with Crippen molar-refractivity contribution in [1.29, 1.82) is 0 Å². The van der Waals surface area contributed by atoms with E-state index < -0.39 is 6.04 Å². The maximum Gasteiger partial charge on any atom is 0.236 e. The lowest BCUT2D eigenvalue weighted by atomic mass is 10.3. The molecule has 4 N–H and O–H groups in total. The van der Waals surface area contributed by atoms with Crippen molar-refractivity contribution in [3.8, 4) is 0 Å². The Labute approximate surface area is 54.0 Å². The molecule has 0 radical (unpaired) electrons. The van der Waals surface area contributed by atoms with E-state index in [2.05, 4.69) is 5.32 Å². The molecule has 0 fully saturated rings. The molecular formula is C5H12N2O2. The Morgan fingerprint density at radius 1 is 1.89 bits per heavy atom. The van der Waals surface area contributed by atoms with Gasteiger partial charge in [-0.15, -0.1) is 0 Å². The lowest BCUT2D eigenvalue weighted by Gasteiger charge is -2.04. The van der Waals surface area contributed by atoms with Crippen LogP contribution in [-0.2, 0) is 4.79 Å². The summed E-state index contributed by atoms with van der Waals surface area (Å²) in [5.74, 6) is -0.232. The molecule has 0 aromatic rings. The molecule has 0 saturated carbocycles. The van der Waals surface area contributed by atoms with Gasteiger partial charge in [-0.25, -0.2) is 0 Å². The maximum absolute atomic E-state index is 10.6. The Balaban J connectivity index is 3.28. The van der Waals surface area contributed by atoms with Crippen molar-refractivity contribution in [2.24, 2.45) is 5.73 Å². The largest absolute Gasteiger partial charge is 0.395 e. The van der Waals surface area contributed by atoms with Crippen LogP contribution in [-0.4, -0.2) is 30.2 Å². The minimum absolute atomic E-state index is 0.0432. The molecule has 1 atom stereocenters. The molecule has 9 heavy (non-hydrogen) atoms. The van der Waals surface area contributed by atoms with Gasteiger partial charge in [-0.1, -0.05) is 0 Å². The van der Waals surface area contributed by atoms with Crippen LogP contribution in [0.5, 0.6) is 0 Å². The third kappa shape index (κ3) is 3.93. The third-order valence-electron chi connectivity index (χ3n) is 0.825. The molecule has 4 nitrogen and oxygen atoms in total. The lowest BCUT2D eigenvalue weighted by molar-refractivity contribution is -0.122. The fourth-order valence-electron chi connectivity index (χ4n) is 0.340. The van der Waals surface area contributed by atoms with E-state index in [1.54, 1.807) is 6.92 Å². The zero-order chi connectivity index (χ0) is 7.28. The number of hydrogen-bond acceptors (Lipinski definition) is 3. The molecular weight excluding hydrogens is 120 g/mol. The van der Waals surface area contributed by atoms with Crippen molar-refractivity contribution in [3.05, 3.63) is 0 Å². The third-order valence-corrected chi connectivity index (χ3v) is 0.825. The smallest absolute Gasteiger partial charge is 0.236 e. The molecule has 0 unspecified atom stereocenters. The molecule has 0 bridgehead atoms. The number of amides is 1. The molecule has 0 heterocycles. The molecule has 54 valence electrons. The van der Waals surface area contributed by atoms with Gasteiger partial charge in [0.1, 0.15) is 0 Å². The first-order chi connectivity index (χ1) is 4.18. The van der Waals surface area contributed by atoms with E-state index in [1.807, 2.05) is 0 Å². The molecule has 0 aliphatic carbocycles. The number of nitrogens with two attached hydrogens (primary N) is 1. The maximum atomic E-state index is 10.6. The van der Waals surface area contributed by atoms with Crippen LogP contribution in [0.3, 0.4) is 0 Å². The van der Waals surface area contributed by atoms with Gasteiger partial charge in [-0.2, -0.15) is 0 Å². The summed E-state index contributed by atoms with van der Waals surface area (Å²) in [5, 5.41) is 10.7. The quantitative estimate of drug-likeness (QED) is 0.435. The van der Waals surface area contributed by atoms with Gasteiger partial charge in [0.15, 0.2) is 0 Å². The molecule has 4 heteroatoms. The van der Waals surface area contributed by atoms with E-state index in [4.69, 9.17) is 10.8 Å². The van der Waals surface area contributed by atoms with Crippen LogP contribution in [0.15, 0.2) is 0 Å². The Bertz CT molecular complexity index is 93.0. The van der Waals surface area contributed by atoms with Crippen molar-refractivity contribution in [2.75, 3.05) is 13.2 Å². The summed E-state index contributed by atoms with van der Waals surface area (Å²) >= 11 is 0. The fraction of sp³-hybridized carbons (Fsp3) is 0.800. The van der Waals surface area contributed by atoms with Crippen LogP contribution in [0.4, 0.5) is 0 Å². The number of carbonyl (C=O) groups is 1. The van der Waals surface area contributed by atoms with Crippen molar-refractivity contribution >= 4 is 5.91 Å². The van der Waals surface area contributed by atoms with Gasteiger partial charge in [0.2, 0.25) is 5.91 Å². The van der Waals surface area contributed by atoms with Gasteiger partial charge in [-0.3, -0.25) is 4.79 Å². The van der Waals surface area contributed by atoms with Crippen LogP contribution in [0.2, 0.25) is 0 Å². The highest BCUT2D eigenvalue weighted by molar-refractivity contribution is 5.80. The molecule has 0 aromatic heterocycles. The highest BCUT2D eigenvalue weighted by atomic mass is 16.3. The minimum Gasteiger partial charge on any atom is -0.395 e. The normalized spacial score (nSPS) is 12.8. The Morgan fingerprint density at radius 2 is 2.44 bits per heavy atom. The van der Waals surface area contributed by atoms with Gasteiger partial charge < -0.3 is 16.2 Å². The average molecular weight is 132 g/mol. The standard InChI is InChI=1S/C5H12N2O2/c1-4(6)5(9)7-2-3-8/h4,8H,2-3,6H2,1H3,(H,7,9)/t4-/m0/s1. The molecule has 1 amide bonds. The lowest BCUT2D eigenvalue weighted by Crippen LogP contribution is -2.39. The van der Waals surface area contributed by atoms with E-state index in [1.165, 1.54) is 0 Å². The molecule has 0 aromatic carbocycles. The molecule has 0 spiro atoms. The van der Waals surface area contributed by atoms with E-state index in [-0.39, 0.29) is 19.1 Å². The molecule has 0 aliphatic rings.